The highest BCUT2D eigenvalue weighted by molar-refractivity contribution is 6.35. The Bertz CT molecular complexity index is 676. The number of fused-ring (bicyclic) bond motifs is 1. The summed E-state index contributed by atoms with van der Waals surface area (Å²) in [6, 6.07) is 5.64. The van der Waals surface area contributed by atoms with Crippen molar-refractivity contribution in [3.05, 3.63) is 47.3 Å². The van der Waals surface area contributed by atoms with Crippen LogP contribution in [0.3, 0.4) is 0 Å². The molecule has 0 radical (unpaired) electrons. The van der Waals surface area contributed by atoms with Crippen molar-refractivity contribution in [1.82, 2.24) is 15.2 Å². The molecule has 1 aromatic carbocycles. The quantitative estimate of drug-likeness (QED) is 0.870. The maximum Gasteiger partial charge on any atom is 0.321 e. The number of halogens is 1. The number of hydrogen-bond acceptors (Lipinski definition) is 1. The first-order chi connectivity index (χ1) is 9.08. The van der Waals surface area contributed by atoms with Crippen LogP contribution in [0.4, 0.5) is 4.79 Å². The number of nitrogens with one attached hydrogen (secondary N) is 2. The fourth-order valence-corrected chi connectivity index (χ4v) is 2.66. The molecule has 0 spiro atoms. The van der Waals surface area contributed by atoms with Gasteiger partial charge in [0.2, 0.25) is 0 Å². The number of carbonyl (C=O) groups is 1. The van der Waals surface area contributed by atoms with E-state index >= 15 is 0 Å². The number of rotatable bonds is 2. The molecule has 3 rings (SSSR count). The predicted molar refractivity (Wildman–Crippen MR) is 76.2 cm³/mol. The van der Waals surface area contributed by atoms with Crippen molar-refractivity contribution in [1.29, 1.82) is 0 Å². The largest absolute Gasteiger partial charge is 0.360 e. The molecule has 5 heteroatoms. The Balaban J connectivity index is 1.93. The van der Waals surface area contributed by atoms with E-state index in [4.69, 9.17) is 11.6 Å². The molecule has 1 aromatic heterocycles. The lowest BCUT2D eigenvalue weighted by Crippen LogP contribution is -2.28. The number of aromatic amines is 1. The van der Waals surface area contributed by atoms with Crippen LogP contribution in [0.5, 0.6) is 0 Å². The van der Waals surface area contributed by atoms with Crippen LogP contribution in [0, 0.1) is 0 Å². The number of amides is 2. The third-order valence-electron chi connectivity index (χ3n) is 3.61. The minimum atomic E-state index is -0.104. The predicted octanol–water partition coefficient (Wildman–Crippen LogP) is 2.90. The summed E-state index contributed by atoms with van der Waals surface area (Å²) in [6.45, 7) is 3.95. The van der Waals surface area contributed by atoms with Gasteiger partial charge in [-0.15, -0.1) is 0 Å². The maximum absolute atomic E-state index is 11.6. The van der Waals surface area contributed by atoms with E-state index in [-0.39, 0.29) is 12.1 Å². The van der Waals surface area contributed by atoms with Crippen LogP contribution in [0.15, 0.2) is 36.7 Å². The molecule has 0 bridgehead atoms. The lowest BCUT2D eigenvalue weighted by Gasteiger charge is -2.11. The van der Waals surface area contributed by atoms with Gasteiger partial charge in [0.25, 0.3) is 0 Å². The number of para-hydroxylation sites is 1. The van der Waals surface area contributed by atoms with Gasteiger partial charge in [-0.3, -0.25) is 4.90 Å². The molecule has 1 aliphatic heterocycles. The fraction of sp³-hybridized carbons (Fsp3) is 0.214. The van der Waals surface area contributed by atoms with Crippen molar-refractivity contribution in [2.45, 2.75) is 12.5 Å². The van der Waals surface area contributed by atoms with Gasteiger partial charge in [-0.2, -0.15) is 0 Å². The third-order valence-corrected chi connectivity index (χ3v) is 3.92. The van der Waals surface area contributed by atoms with Crippen LogP contribution < -0.4 is 5.32 Å². The second-order valence-electron chi connectivity index (χ2n) is 4.73. The number of benzene rings is 1. The molecule has 0 unspecified atom stereocenters. The number of aromatic nitrogens is 1. The van der Waals surface area contributed by atoms with E-state index in [1.54, 1.807) is 11.9 Å². The van der Waals surface area contributed by atoms with Crippen molar-refractivity contribution >= 4 is 28.5 Å². The molecular formula is C14H14ClN3O. The molecule has 19 heavy (non-hydrogen) atoms. The van der Waals surface area contributed by atoms with Crippen molar-refractivity contribution in [3.8, 4) is 0 Å². The summed E-state index contributed by atoms with van der Waals surface area (Å²) in [5, 5.41) is 4.70. The van der Waals surface area contributed by atoms with Crippen LogP contribution in [-0.2, 0) is 6.42 Å². The Kier molecular flexibility index (Phi) is 2.75. The van der Waals surface area contributed by atoms with Crippen LogP contribution in [0.25, 0.3) is 10.9 Å². The van der Waals surface area contributed by atoms with Crippen molar-refractivity contribution in [3.63, 3.8) is 0 Å². The number of H-pyrrole nitrogens is 1. The average Bonchev–Trinajstić information content (AvgIpc) is 2.90. The first-order valence-electron chi connectivity index (χ1n) is 6.05. The van der Waals surface area contributed by atoms with Gasteiger partial charge in [0.15, 0.2) is 0 Å². The topological polar surface area (TPSA) is 48.1 Å². The highest BCUT2D eigenvalue weighted by atomic mass is 35.5. The Morgan fingerprint density at radius 1 is 1.47 bits per heavy atom. The first kappa shape index (κ1) is 12.1. The molecule has 2 N–H and O–H groups in total. The number of urea groups is 1. The van der Waals surface area contributed by atoms with Gasteiger partial charge in [0.05, 0.1) is 16.6 Å². The Labute approximate surface area is 116 Å². The van der Waals surface area contributed by atoms with E-state index in [1.165, 1.54) is 0 Å². The van der Waals surface area contributed by atoms with Crippen LogP contribution in [-0.4, -0.2) is 29.0 Å². The first-order valence-corrected chi connectivity index (χ1v) is 6.43. The highest BCUT2D eigenvalue weighted by Gasteiger charge is 2.30. The lowest BCUT2D eigenvalue weighted by molar-refractivity contribution is 0.229. The zero-order valence-electron chi connectivity index (χ0n) is 10.5. The van der Waals surface area contributed by atoms with Gasteiger partial charge in [-0.05, 0) is 11.6 Å². The fourth-order valence-electron chi connectivity index (χ4n) is 2.43. The van der Waals surface area contributed by atoms with Gasteiger partial charge in [-0.1, -0.05) is 30.3 Å². The molecule has 98 valence electrons. The normalized spacial score (nSPS) is 19.3. The summed E-state index contributed by atoms with van der Waals surface area (Å²) < 4.78 is 0. The monoisotopic (exact) mass is 275 g/mol. The minimum Gasteiger partial charge on any atom is -0.360 e. The average molecular weight is 276 g/mol. The number of nitrogens with zero attached hydrogens (tertiary/aromatic N) is 1. The molecule has 2 heterocycles. The van der Waals surface area contributed by atoms with Crippen LogP contribution in [0.2, 0.25) is 5.02 Å². The van der Waals surface area contributed by atoms with Gasteiger partial charge in [0, 0.05) is 30.7 Å². The summed E-state index contributed by atoms with van der Waals surface area (Å²) in [6.07, 6.45) is 2.64. The summed E-state index contributed by atoms with van der Waals surface area (Å²) in [5.41, 5.74) is 2.85. The molecule has 0 aliphatic carbocycles. The number of hydrogen-bond donors (Lipinski definition) is 2. The van der Waals surface area contributed by atoms with E-state index in [1.807, 2.05) is 24.4 Å². The smallest absolute Gasteiger partial charge is 0.321 e. The maximum atomic E-state index is 11.6. The van der Waals surface area contributed by atoms with Crippen molar-refractivity contribution < 1.29 is 4.79 Å². The minimum absolute atomic E-state index is 0.0597. The van der Waals surface area contributed by atoms with Crippen LogP contribution in [0.1, 0.15) is 5.56 Å². The van der Waals surface area contributed by atoms with Gasteiger partial charge in [0.1, 0.15) is 0 Å². The number of carbonyl (C=O) groups excluding carboxylic acids is 1. The summed E-state index contributed by atoms with van der Waals surface area (Å²) in [5.74, 6) is 0. The summed E-state index contributed by atoms with van der Waals surface area (Å²) in [4.78, 5) is 16.3. The third kappa shape index (κ3) is 1.88. The standard InChI is InChI=1S/C14H14ClN3O/c1-8-12(17-14(19)18(8)2)6-9-7-16-13-10(9)4-3-5-11(13)15/h3-5,7,12,16H,1,6H2,2H3,(H,17,19)/t12-/m1/s1. The van der Waals surface area contributed by atoms with Crippen molar-refractivity contribution in [2.75, 3.05) is 7.05 Å². The SMILES string of the molecule is C=C1[C@@H](Cc2c[nH]c3c(Cl)cccc23)NC(=O)N1C. The molecule has 0 saturated carbocycles. The van der Waals surface area contributed by atoms with Crippen molar-refractivity contribution in [2.24, 2.45) is 0 Å². The molecule has 2 amide bonds. The summed E-state index contributed by atoms with van der Waals surface area (Å²) in [7, 11) is 1.73. The zero-order valence-corrected chi connectivity index (χ0v) is 11.3. The number of likely N-dealkylation sites (N-methyl/N-ethyl adjacent to an activating group) is 1. The molecule has 1 aliphatic rings. The summed E-state index contributed by atoms with van der Waals surface area (Å²) >= 11 is 6.14. The molecular weight excluding hydrogens is 262 g/mol. The van der Waals surface area contributed by atoms with E-state index < -0.39 is 0 Å². The highest BCUT2D eigenvalue weighted by Crippen LogP contribution is 2.27. The Morgan fingerprint density at radius 2 is 2.26 bits per heavy atom. The second-order valence-corrected chi connectivity index (χ2v) is 5.14. The molecule has 1 fully saturated rings. The van der Waals surface area contributed by atoms with E-state index in [9.17, 15) is 4.79 Å². The Morgan fingerprint density at radius 3 is 2.95 bits per heavy atom. The van der Waals surface area contributed by atoms with E-state index in [0.717, 1.165) is 22.2 Å². The second kappa shape index (κ2) is 4.31. The van der Waals surface area contributed by atoms with E-state index in [0.29, 0.717) is 11.4 Å². The molecule has 1 atom stereocenters. The van der Waals surface area contributed by atoms with Crippen LogP contribution >= 0.6 is 11.6 Å². The van der Waals surface area contributed by atoms with Gasteiger partial charge < -0.3 is 10.3 Å². The Hall–Kier alpha value is -1.94. The molecule has 4 nitrogen and oxygen atoms in total. The lowest BCUT2D eigenvalue weighted by atomic mass is 10.0. The van der Waals surface area contributed by atoms with E-state index in [2.05, 4.69) is 16.9 Å². The van der Waals surface area contributed by atoms with Gasteiger partial charge in [-0.25, -0.2) is 4.79 Å². The van der Waals surface area contributed by atoms with Gasteiger partial charge >= 0.3 is 6.03 Å². The molecule has 1 saturated heterocycles. The molecule has 2 aromatic rings. The zero-order chi connectivity index (χ0) is 13.6.